The van der Waals surface area contributed by atoms with Gasteiger partial charge >= 0.3 is 0 Å². The number of ether oxygens (including phenoxy) is 1. The number of fused-ring (bicyclic) bond motifs is 1. The minimum absolute atomic E-state index is 0.0377. The second kappa shape index (κ2) is 13.0. The third kappa shape index (κ3) is 7.23. The van der Waals surface area contributed by atoms with Gasteiger partial charge in [0.2, 0.25) is 11.8 Å². The van der Waals surface area contributed by atoms with Crippen LogP contribution in [0.5, 0.6) is 5.75 Å². The van der Waals surface area contributed by atoms with Gasteiger partial charge in [0.25, 0.3) is 5.91 Å². The monoisotopic (exact) mass is 546 g/mol. The van der Waals surface area contributed by atoms with Crippen LogP contribution in [-0.4, -0.2) is 48.4 Å². The van der Waals surface area contributed by atoms with Crippen molar-refractivity contribution in [1.82, 2.24) is 20.9 Å². The molecule has 3 aromatic rings. The summed E-state index contributed by atoms with van der Waals surface area (Å²) in [4.78, 5) is 42.5. The molecule has 0 saturated carbocycles. The Labute approximate surface area is 236 Å². The molecule has 1 fully saturated rings. The van der Waals surface area contributed by atoms with Crippen molar-refractivity contribution in [2.75, 3.05) is 13.7 Å². The summed E-state index contributed by atoms with van der Waals surface area (Å²) in [7, 11) is 1.59. The van der Waals surface area contributed by atoms with Gasteiger partial charge in [-0.15, -0.1) is 0 Å². The van der Waals surface area contributed by atoms with Crippen molar-refractivity contribution >= 4 is 28.6 Å². The average molecular weight is 547 g/mol. The zero-order chi connectivity index (χ0) is 28.8. The Hall–Kier alpha value is -3.81. The highest BCUT2D eigenvalue weighted by Gasteiger charge is 2.30. The Morgan fingerprint density at radius 3 is 2.42 bits per heavy atom. The van der Waals surface area contributed by atoms with Crippen LogP contribution < -0.4 is 20.7 Å². The summed E-state index contributed by atoms with van der Waals surface area (Å²) < 4.78 is 5.42. The molecule has 4 N–H and O–H groups in total. The number of hydrogen-bond acceptors (Lipinski definition) is 4. The van der Waals surface area contributed by atoms with Crippen molar-refractivity contribution in [3.63, 3.8) is 0 Å². The highest BCUT2D eigenvalue weighted by molar-refractivity contribution is 6.01. The molecule has 0 radical (unpaired) electrons. The average Bonchev–Trinajstić information content (AvgIpc) is 3.54. The molecule has 2 heterocycles. The first-order chi connectivity index (χ1) is 19.1. The maximum absolute atomic E-state index is 13.7. The van der Waals surface area contributed by atoms with Crippen molar-refractivity contribution in [1.29, 1.82) is 0 Å². The van der Waals surface area contributed by atoms with Gasteiger partial charge in [0.15, 0.2) is 0 Å². The molecule has 8 heteroatoms. The molecule has 214 valence electrons. The highest BCUT2D eigenvalue weighted by Crippen LogP contribution is 2.26. The minimum Gasteiger partial charge on any atom is -0.496 e. The van der Waals surface area contributed by atoms with Gasteiger partial charge in [-0.05, 0) is 66.8 Å². The summed E-state index contributed by atoms with van der Waals surface area (Å²) in [5.41, 5.74) is 3.51. The number of H-pyrrole nitrogens is 1. The molecule has 1 aliphatic heterocycles. The van der Waals surface area contributed by atoms with Gasteiger partial charge in [0.1, 0.15) is 17.5 Å². The number of rotatable bonds is 12. The van der Waals surface area contributed by atoms with Crippen molar-refractivity contribution in [2.24, 2.45) is 11.8 Å². The Morgan fingerprint density at radius 1 is 1.05 bits per heavy atom. The Bertz CT molecular complexity index is 1330. The van der Waals surface area contributed by atoms with E-state index in [1.807, 2.05) is 32.0 Å². The second-order valence-corrected chi connectivity index (χ2v) is 11.6. The Morgan fingerprint density at radius 2 is 1.80 bits per heavy atom. The molecule has 0 bridgehead atoms. The van der Waals surface area contributed by atoms with E-state index in [9.17, 15) is 14.4 Å². The van der Waals surface area contributed by atoms with Crippen molar-refractivity contribution in [2.45, 2.75) is 71.4 Å². The minimum atomic E-state index is -0.718. The molecule has 40 heavy (non-hydrogen) atoms. The molecule has 2 aromatic carbocycles. The predicted octanol–water partition coefficient (Wildman–Crippen LogP) is 4.70. The fourth-order valence-electron chi connectivity index (χ4n) is 5.40. The van der Waals surface area contributed by atoms with Crippen LogP contribution in [-0.2, 0) is 16.0 Å². The first kappa shape index (κ1) is 29.2. The van der Waals surface area contributed by atoms with E-state index in [0.717, 1.165) is 22.9 Å². The van der Waals surface area contributed by atoms with E-state index in [-0.39, 0.29) is 35.6 Å². The van der Waals surface area contributed by atoms with E-state index in [1.54, 1.807) is 13.2 Å². The summed E-state index contributed by atoms with van der Waals surface area (Å²) in [6.07, 6.45) is 2.40. The van der Waals surface area contributed by atoms with E-state index < -0.39 is 6.04 Å². The van der Waals surface area contributed by atoms with E-state index in [0.29, 0.717) is 43.2 Å². The summed E-state index contributed by atoms with van der Waals surface area (Å²) >= 11 is 0. The van der Waals surface area contributed by atoms with Gasteiger partial charge in [0, 0.05) is 29.4 Å². The topological polar surface area (TPSA) is 112 Å². The number of aromatic nitrogens is 1. The summed E-state index contributed by atoms with van der Waals surface area (Å²) in [6.45, 7) is 9.03. The molecule has 1 saturated heterocycles. The van der Waals surface area contributed by atoms with Gasteiger partial charge in [-0.3, -0.25) is 14.4 Å². The third-order valence-electron chi connectivity index (χ3n) is 7.62. The SMILES string of the molecule is COc1cccc2[nH]c(C(=O)N[C@@H](CC(C)C)C(=O)N[C@H](Cc3ccc(C(C)C)cc3)C[C@@H]3CCNC3=O)cc12. The zero-order valence-electron chi connectivity index (χ0n) is 24.2. The summed E-state index contributed by atoms with van der Waals surface area (Å²) in [5.74, 6) is 0.597. The molecule has 1 aliphatic rings. The molecule has 0 unspecified atom stereocenters. The number of carbonyl (C=O) groups excluding carboxylic acids is 3. The number of methoxy groups -OCH3 is 1. The fourth-order valence-corrected chi connectivity index (χ4v) is 5.40. The third-order valence-corrected chi connectivity index (χ3v) is 7.62. The maximum Gasteiger partial charge on any atom is 0.268 e. The number of nitrogens with one attached hydrogen (secondary N) is 4. The maximum atomic E-state index is 13.7. The van der Waals surface area contributed by atoms with E-state index >= 15 is 0 Å². The van der Waals surface area contributed by atoms with Gasteiger partial charge in [-0.25, -0.2) is 0 Å². The van der Waals surface area contributed by atoms with Gasteiger partial charge in [-0.2, -0.15) is 0 Å². The number of hydrogen-bond donors (Lipinski definition) is 4. The lowest BCUT2D eigenvalue weighted by molar-refractivity contribution is -0.126. The molecule has 0 spiro atoms. The molecule has 3 atom stereocenters. The second-order valence-electron chi connectivity index (χ2n) is 11.6. The first-order valence-electron chi connectivity index (χ1n) is 14.3. The molecular formula is C32H42N4O4. The Kier molecular flexibility index (Phi) is 9.50. The van der Waals surface area contributed by atoms with Gasteiger partial charge in [-0.1, -0.05) is 58.0 Å². The number of aromatic amines is 1. The van der Waals surface area contributed by atoms with Crippen LogP contribution in [0.1, 0.15) is 74.5 Å². The lowest BCUT2D eigenvalue weighted by Crippen LogP contribution is -2.51. The zero-order valence-corrected chi connectivity index (χ0v) is 24.2. The van der Waals surface area contributed by atoms with Crippen molar-refractivity contribution in [3.05, 3.63) is 65.4 Å². The smallest absolute Gasteiger partial charge is 0.268 e. The molecule has 3 amide bonds. The highest BCUT2D eigenvalue weighted by atomic mass is 16.5. The van der Waals surface area contributed by atoms with E-state index in [1.165, 1.54) is 5.56 Å². The first-order valence-corrected chi connectivity index (χ1v) is 14.3. The van der Waals surface area contributed by atoms with Crippen molar-refractivity contribution < 1.29 is 19.1 Å². The number of benzene rings is 2. The lowest BCUT2D eigenvalue weighted by Gasteiger charge is -2.26. The predicted molar refractivity (Wildman–Crippen MR) is 157 cm³/mol. The quantitative estimate of drug-likeness (QED) is 0.264. The van der Waals surface area contributed by atoms with E-state index in [2.05, 4.69) is 59.0 Å². The van der Waals surface area contributed by atoms with Crippen LogP contribution in [0.25, 0.3) is 10.9 Å². The van der Waals surface area contributed by atoms with Gasteiger partial charge in [0.05, 0.1) is 7.11 Å². The molecule has 0 aliphatic carbocycles. The van der Waals surface area contributed by atoms with Crippen LogP contribution in [0.3, 0.4) is 0 Å². The normalized spacial score (nSPS) is 16.7. The lowest BCUT2D eigenvalue weighted by atomic mass is 9.92. The van der Waals surface area contributed by atoms with Crippen LogP contribution in [0, 0.1) is 11.8 Å². The van der Waals surface area contributed by atoms with Crippen molar-refractivity contribution in [3.8, 4) is 5.75 Å². The molecular weight excluding hydrogens is 504 g/mol. The fraction of sp³-hybridized carbons (Fsp3) is 0.469. The Balaban J connectivity index is 1.51. The van der Waals surface area contributed by atoms with Crippen LogP contribution in [0.15, 0.2) is 48.5 Å². The molecule has 8 nitrogen and oxygen atoms in total. The molecule has 4 rings (SSSR count). The number of carbonyl (C=O) groups is 3. The largest absolute Gasteiger partial charge is 0.496 e. The van der Waals surface area contributed by atoms with Gasteiger partial charge < -0.3 is 25.7 Å². The summed E-state index contributed by atoms with van der Waals surface area (Å²) in [5, 5.41) is 9.85. The molecule has 1 aromatic heterocycles. The number of amides is 3. The summed E-state index contributed by atoms with van der Waals surface area (Å²) in [6, 6.07) is 14.8. The van der Waals surface area contributed by atoms with E-state index in [4.69, 9.17) is 4.74 Å². The van der Waals surface area contributed by atoms with Crippen LogP contribution in [0.2, 0.25) is 0 Å². The standard InChI is InChI=1S/C32H42N4O4/c1-19(2)15-27(36-32(39)28-18-25-26(35-28)7-6-8-29(25)40-5)31(38)34-24(17-23-13-14-33-30(23)37)16-21-9-11-22(12-10-21)20(3)4/h6-12,18-20,23-24,27,35H,13-17H2,1-5H3,(H,33,37)(H,34,38)(H,36,39)/t23-,24+,27-/m0/s1. The van der Waals surface area contributed by atoms with Crippen LogP contribution >= 0.6 is 0 Å². The van der Waals surface area contributed by atoms with Crippen LogP contribution in [0.4, 0.5) is 0 Å².